The molecule has 0 aliphatic heterocycles. The predicted molar refractivity (Wildman–Crippen MR) is 78.1 cm³/mol. The van der Waals surface area contributed by atoms with Crippen LogP contribution in [0.1, 0.15) is 11.1 Å². The second-order valence-electron chi connectivity index (χ2n) is 4.66. The first kappa shape index (κ1) is 15.2. The number of aromatic nitrogens is 2. The van der Waals surface area contributed by atoms with Crippen LogP contribution in [0, 0.1) is 6.92 Å². The third-order valence-corrected chi connectivity index (χ3v) is 2.89. The van der Waals surface area contributed by atoms with E-state index in [-0.39, 0.29) is 6.73 Å². The number of hydrogen-bond acceptors (Lipinski definition) is 4. The van der Waals surface area contributed by atoms with Crippen LogP contribution in [0.2, 0.25) is 0 Å². The minimum Gasteiger partial charge on any atom is -0.374 e. The van der Waals surface area contributed by atoms with Crippen molar-refractivity contribution in [2.24, 2.45) is 0 Å². The molecule has 1 aromatic carbocycles. The van der Waals surface area contributed by atoms with Crippen LogP contribution in [-0.4, -0.2) is 22.8 Å². The third kappa shape index (κ3) is 5.02. The summed E-state index contributed by atoms with van der Waals surface area (Å²) in [4.78, 5) is 24.4. The maximum absolute atomic E-state index is 11.4. The van der Waals surface area contributed by atoms with E-state index in [1.165, 1.54) is 22.4 Å². The summed E-state index contributed by atoms with van der Waals surface area (Å²) in [6.45, 7) is 3.46. The summed E-state index contributed by atoms with van der Waals surface area (Å²) >= 11 is 0. The van der Waals surface area contributed by atoms with E-state index in [0.29, 0.717) is 19.8 Å². The Balaban J connectivity index is 1.65. The van der Waals surface area contributed by atoms with Gasteiger partial charge in [-0.05, 0) is 12.5 Å². The maximum atomic E-state index is 11.4. The molecule has 2 rings (SSSR count). The summed E-state index contributed by atoms with van der Waals surface area (Å²) in [5.41, 5.74) is 1.42. The molecule has 0 aliphatic carbocycles. The van der Waals surface area contributed by atoms with Gasteiger partial charge in [0.2, 0.25) is 0 Å². The van der Waals surface area contributed by atoms with Gasteiger partial charge in [0.05, 0.1) is 19.8 Å². The van der Waals surface area contributed by atoms with Crippen LogP contribution in [0.3, 0.4) is 0 Å². The van der Waals surface area contributed by atoms with Crippen molar-refractivity contribution in [1.82, 2.24) is 9.55 Å². The Morgan fingerprint density at radius 1 is 1.05 bits per heavy atom. The van der Waals surface area contributed by atoms with Gasteiger partial charge in [-0.2, -0.15) is 0 Å². The van der Waals surface area contributed by atoms with Gasteiger partial charge in [-0.1, -0.05) is 29.8 Å². The zero-order valence-electron chi connectivity index (χ0n) is 11.9. The van der Waals surface area contributed by atoms with Crippen LogP contribution >= 0.6 is 0 Å². The summed E-state index contributed by atoms with van der Waals surface area (Å²) in [6, 6.07) is 9.40. The topological polar surface area (TPSA) is 73.3 Å². The second kappa shape index (κ2) is 7.56. The molecule has 0 saturated carbocycles. The molecule has 1 aromatic heterocycles. The van der Waals surface area contributed by atoms with Crippen LogP contribution in [0.25, 0.3) is 0 Å². The maximum Gasteiger partial charge on any atom is 0.330 e. The van der Waals surface area contributed by atoms with Crippen LogP contribution in [0.4, 0.5) is 0 Å². The molecular formula is C15H18N2O4. The zero-order chi connectivity index (χ0) is 15.1. The summed E-state index contributed by atoms with van der Waals surface area (Å²) in [5, 5.41) is 0. The van der Waals surface area contributed by atoms with E-state index >= 15 is 0 Å². The molecule has 2 aromatic rings. The van der Waals surface area contributed by atoms with E-state index in [0.717, 1.165) is 5.56 Å². The van der Waals surface area contributed by atoms with Crippen molar-refractivity contribution in [2.75, 3.05) is 13.2 Å². The van der Waals surface area contributed by atoms with E-state index in [4.69, 9.17) is 9.47 Å². The van der Waals surface area contributed by atoms with Gasteiger partial charge in [-0.15, -0.1) is 0 Å². The first-order valence-electron chi connectivity index (χ1n) is 6.66. The van der Waals surface area contributed by atoms with Gasteiger partial charge in [-0.25, -0.2) is 4.79 Å². The highest BCUT2D eigenvalue weighted by atomic mass is 16.5. The molecule has 0 bridgehead atoms. The Labute approximate surface area is 122 Å². The van der Waals surface area contributed by atoms with Gasteiger partial charge < -0.3 is 9.47 Å². The van der Waals surface area contributed by atoms with Gasteiger partial charge in [0.15, 0.2) is 0 Å². The highest BCUT2D eigenvalue weighted by Crippen LogP contribution is 2.04. The molecule has 112 valence electrons. The molecule has 0 saturated heterocycles. The van der Waals surface area contributed by atoms with E-state index in [9.17, 15) is 9.59 Å². The van der Waals surface area contributed by atoms with E-state index in [1.807, 2.05) is 31.2 Å². The van der Waals surface area contributed by atoms with Gasteiger partial charge in [0.1, 0.15) is 6.73 Å². The number of H-pyrrole nitrogens is 1. The Morgan fingerprint density at radius 2 is 1.76 bits per heavy atom. The quantitative estimate of drug-likeness (QED) is 0.773. The average Bonchev–Trinajstić information content (AvgIpc) is 2.46. The van der Waals surface area contributed by atoms with Crippen LogP contribution in [0.5, 0.6) is 0 Å². The lowest BCUT2D eigenvalue weighted by Crippen LogP contribution is -2.29. The van der Waals surface area contributed by atoms with Crippen molar-refractivity contribution >= 4 is 0 Å². The van der Waals surface area contributed by atoms with Crippen LogP contribution in [-0.2, 0) is 22.8 Å². The SMILES string of the molecule is Cc1ccc(COCCOCn2ccc(=O)[nH]c2=O)cc1. The fraction of sp³-hybridized carbons (Fsp3) is 0.333. The molecule has 0 amide bonds. The van der Waals surface area contributed by atoms with E-state index < -0.39 is 11.2 Å². The second-order valence-corrected chi connectivity index (χ2v) is 4.66. The number of aryl methyl sites for hydroxylation is 1. The molecule has 0 unspecified atom stereocenters. The number of ether oxygens (including phenoxy) is 2. The lowest BCUT2D eigenvalue weighted by Gasteiger charge is -2.07. The van der Waals surface area contributed by atoms with Crippen molar-refractivity contribution in [2.45, 2.75) is 20.3 Å². The van der Waals surface area contributed by atoms with Gasteiger partial charge in [-0.3, -0.25) is 14.3 Å². The first-order chi connectivity index (χ1) is 10.1. The largest absolute Gasteiger partial charge is 0.374 e. The van der Waals surface area contributed by atoms with Crippen molar-refractivity contribution in [3.63, 3.8) is 0 Å². The molecule has 1 heterocycles. The highest BCUT2D eigenvalue weighted by Gasteiger charge is 1.97. The standard InChI is InChI=1S/C15H18N2O4/c1-12-2-4-13(5-3-12)10-20-8-9-21-11-17-7-6-14(18)16-15(17)19/h2-7H,8-11H2,1H3,(H,16,18,19). The summed E-state index contributed by atoms with van der Waals surface area (Å²) < 4.78 is 12.1. The van der Waals surface area contributed by atoms with Crippen molar-refractivity contribution in [1.29, 1.82) is 0 Å². The Morgan fingerprint density at radius 3 is 2.48 bits per heavy atom. The summed E-state index contributed by atoms with van der Waals surface area (Å²) in [6.07, 6.45) is 1.40. The van der Waals surface area contributed by atoms with Crippen LogP contribution < -0.4 is 11.2 Å². The highest BCUT2D eigenvalue weighted by molar-refractivity contribution is 5.20. The van der Waals surface area contributed by atoms with E-state index in [2.05, 4.69) is 4.98 Å². The molecule has 0 fully saturated rings. The Hall–Kier alpha value is -2.18. The fourth-order valence-corrected chi connectivity index (χ4v) is 1.70. The molecule has 0 aliphatic rings. The summed E-state index contributed by atoms with van der Waals surface area (Å²) in [5.74, 6) is 0. The van der Waals surface area contributed by atoms with Crippen LogP contribution in [0.15, 0.2) is 46.1 Å². The monoisotopic (exact) mass is 290 g/mol. The van der Waals surface area contributed by atoms with Crippen molar-refractivity contribution in [3.8, 4) is 0 Å². The molecule has 1 N–H and O–H groups in total. The Kier molecular flexibility index (Phi) is 5.48. The molecule has 6 nitrogen and oxygen atoms in total. The molecule has 0 radical (unpaired) electrons. The minimum atomic E-state index is -0.483. The Bertz CT molecular complexity index is 673. The molecule has 0 spiro atoms. The van der Waals surface area contributed by atoms with Gasteiger partial charge in [0.25, 0.3) is 5.56 Å². The number of aromatic amines is 1. The lowest BCUT2D eigenvalue weighted by atomic mass is 10.2. The van der Waals surface area contributed by atoms with E-state index in [1.54, 1.807) is 0 Å². The molecule has 6 heteroatoms. The smallest absolute Gasteiger partial charge is 0.330 e. The number of hydrogen-bond donors (Lipinski definition) is 1. The third-order valence-electron chi connectivity index (χ3n) is 2.89. The molecule has 0 atom stereocenters. The van der Waals surface area contributed by atoms with Crippen molar-refractivity contribution in [3.05, 3.63) is 68.5 Å². The molecule has 21 heavy (non-hydrogen) atoms. The van der Waals surface area contributed by atoms with Gasteiger partial charge in [0, 0.05) is 12.3 Å². The molecular weight excluding hydrogens is 272 g/mol. The minimum absolute atomic E-state index is 0.0868. The number of rotatable bonds is 7. The number of nitrogens with one attached hydrogen (secondary N) is 1. The normalized spacial score (nSPS) is 10.7. The number of nitrogens with zero attached hydrogens (tertiary/aromatic N) is 1. The predicted octanol–water partition coefficient (Wildman–Crippen LogP) is 1.04. The average molecular weight is 290 g/mol. The van der Waals surface area contributed by atoms with Gasteiger partial charge >= 0.3 is 5.69 Å². The number of benzene rings is 1. The zero-order valence-corrected chi connectivity index (χ0v) is 11.9. The van der Waals surface area contributed by atoms with Crippen molar-refractivity contribution < 1.29 is 9.47 Å². The lowest BCUT2D eigenvalue weighted by molar-refractivity contribution is 0.0120. The first-order valence-corrected chi connectivity index (χ1v) is 6.66. The summed E-state index contributed by atoms with van der Waals surface area (Å²) in [7, 11) is 0. The fourth-order valence-electron chi connectivity index (χ4n) is 1.70.